The summed E-state index contributed by atoms with van der Waals surface area (Å²) < 4.78 is 18.9. The molecule has 0 amide bonds. The summed E-state index contributed by atoms with van der Waals surface area (Å²) in [7, 11) is 0. The molecule has 1 heterocycles. The van der Waals surface area contributed by atoms with Crippen LogP contribution >= 0.6 is 0 Å². The van der Waals surface area contributed by atoms with Gasteiger partial charge in [0.25, 0.3) is 0 Å². The van der Waals surface area contributed by atoms with Crippen molar-refractivity contribution in [3.8, 4) is 11.5 Å². The maximum atomic E-state index is 12.6. The van der Waals surface area contributed by atoms with Crippen molar-refractivity contribution in [2.24, 2.45) is 5.92 Å². The Morgan fingerprint density at radius 2 is 1.83 bits per heavy atom. The molecule has 0 atom stereocenters. The smallest absolute Gasteiger partial charge is 0.338 e. The van der Waals surface area contributed by atoms with E-state index in [9.17, 15) is 9.59 Å². The van der Waals surface area contributed by atoms with Crippen LogP contribution in [0.5, 0.6) is 11.5 Å². The first-order valence-electron chi connectivity index (χ1n) is 10.6. The monoisotopic (exact) mass is 413 g/mol. The van der Waals surface area contributed by atoms with Crippen molar-refractivity contribution in [3.05, 3.63) is 46.8 Å². The molecule has 6 nitrogen and oxygen atoms in total. The van der Waals surface area contributed by atoms with E-state index in [1.807, 2.05) is 26.8 Å². The Bertz CT molecular complexity index is 924. The molecule has 0 N–H and O–H groups in total. The summed E-state index contributed by atoms with van der Waals surface area (Å²) in [4.78, 5) is 25.2. The topological polar surface area (TPSA) is 66.8 Å². The van der Waals surface area contributed by atoms with Gasteiger partial charge in [0.05, 0.1) is 18.8 Å². The molecule has 0 radical (unpaired) electrons. The normalized spacial score (nSPS) is 13.4. The molecule has 0 bridgehead atoms. The molecule has 0 unspecified atom stereocenters. The molecule has 1 aromatic carbocycles. The van der Waals surface area contributed by atoms with Crippen LogP contribution in [0.4, 0.5) is 0 Å². The minimum atomic E-state index is -0.560. The molecule has 0 spiro atoms. The number of ether oxygens (including phenoxy) is 3. The van der Waals surface area contributed by atoms with E-state index in [0.29, 0.717) is 47.8 Å². The Labute approximate surface area is 178 Å². The van der Waals surface area contributed by atoms with Crippen molar-refractivity contribution in [3.63, 3.8) is 0 Å². The van der Waals surface area contributed by atoms with Gasteiger partial charge in [0.15, 0.2) is 18.1 Å². The lowest BCUT2D eigenvalue weighted by atomic mass is 10.1. The van der Waals surface area contributed by atoms with Gasteiger partial charge in [-0.1, -0.05) is 13.8 Å². The minimum absolute atomic E-state index is 0.190. The Morgan fingerprint density at radius 1 is 1.10 bits per heavy atom. The van der Waals surface area contributed by atoms with Gasteiger partial charge in [-0.05, 0) is 63.8 Å². The number of Topliss-reactive ketones (excluding diaryl/α,β-unsaturated/α-hetero) is 1. The third-order valence-electron chi connectivity index (χ3n) is 5.08. The highest BCUT2D eigenvalue weighted by molar-refractivity contribution is 6.00. The van der Waals surface area contributed by atoms with Gasteiger partial charge >= 0.3 is 5.97 Å². The number of ketones is 1. The Balaban J connectivity index is 1.66. The second kappa shape index (κ2) is 9.37. The number of hydrogen-bond donors (Lipinski definition) is 0. The molecule has 2 aromatic rings. The van der Waals surface area contributed by atoms with Gasteiger partial charge in [-0.3, -0.25) is 4.79 Å². The largest absolute Gasteiger partial charge is 0.490 e. The zero-order valence-corrected chi connectivity index (χ0v) is 18.5. The fourth-order valence-electron chi connectivity index (χ4n) is 3.53. The van der Waals surface area contributed by atoms with Crippen molar-refractivity contribution >= 4 is 11.8 Å². The summed E-state index contributed by atoms with van der Waals surface area (Å²) in [6, 6.07) is 7.32. The molecule has 1 fully saturated rings. The lowest BCUT2D eigenvalue weighted by Gasteiger charge is -2.14. The highest BCUT2D eigenvalue weighted by Crippen LogP contribution is 2.38. The molecule has 1 aromatic heterocycles. The number of carbonyl (C=O) groups excluding carboxylic acids is 2. The maximum Gasteiger partial charge on any atom is 0.338 e. The van der Waals surface area contributed by atoms with E-state index in [-0.39, 0.29) is 12.4 Å². The predicted molar refractivity (Wildman–Crippen MR) is 115 cm³/mol. The highest BCUT2D eigenvalue weighted by atomic mass is 16.5. The van der Waals surface area contributed by atoms with Crippen LogP contribution in [0.3, 0.4) is 0 Å². The average Bonchev–Trinajstić information content (AvgIpc) is 3.49. The van der Waals surface area contributed by atoms with Gasteiger partial charge < -0.3 is 18.8 Å². The number of rotatable bonds is 10. The van der Waals surface area contributed by atoms with E-state index in [1.54, 1.807) is 18.2 Å². The standard InChI is InChI=1S/C24H31NO5/c1-6-28-23-12-18(7-10-22(23)29-13-15(2)3)24(27)30-14-21(26)20-11-16(4)25(17(20)5)19-8-9-19/h7,10-12,15,19H,6,8-9,13-14H2,1-5H3. The molecular weight excluding hydrogens is 382 g/mol. The molecule has 1 aliphatic carbocycles. The number of aromatic nitrogens is 1. The van der Waals surface area contributed by atoms with Crippen LogP contribution in [-0.4, -0.2) is 36.1 Å². The summed E-state index contributed by atoms with van der Waals surface area (Å²) in [6.07, 6.45) is 2.30. The third kappa shape index (κ3) is 5.04. The van der Waals surface area contributed by atoms with Gasteiger partial charge in [-0.2, -0.15) is 0 Å². The molecule has 0 aliphatic heterocycles. The molecule has 30 heavy (non-hydrogen) atoms. The van der Waals surface area contributed by atoms with Gasteiger partial charge in [0.2, 0.25) is 5.78 Å². The van der Waals surface area contributed by atoms with Crippen molar-refractivity contribution in [2.45, 2.75) is 53.5 Å². The van der Waals surface area contributed by atoms with E-state index >= 15 is 0 Å². The lowest BCUT2D eigenvalue weighted by molar-refractivity contribution is 0.0474. The SMILES string of the molecule is CCOc1cc(C(=O)OCC(=O)c2cc(C)n(C3CC3)c2C)ccc1OCC(C)C. The number of nitrogens with zero attached hydrogens (tertiary/aromatic N) is 1. The molecule has 1 aliphatic rings. The van der Waals surface area contributed by atoms with Crippen LogP contribution in [0.1, 0.15) is 71.8 Å². The van der Waals surface area contributed by atoms with Gasteiger partial charge in [-0.25, -0.2) is 4.79 Å². The fourth-order valence-corrected chi connectivity index (χ4v) is 3.53. The van der Waals surface area contributed by atoms with E-state index in [4.69, 9.17) is 14.2 Å². The number of carbonyl (C=O) groups is 2. The molecule has 0 saturated heterocycles. The maximum absolute atomic E-state index is 12.6. The summed E-state index contributed by atoms with van der Waals surface area (Å²) >= 11 is 0. The number of esters is 1. The Kier molecular flexibility index (Phi) is 6.85. The summed E-state index contributed by atoms with van der Waals surface area (Å²) in [5, 5.41) is 0. The summed E-state index contributed by atoms with van der Waals surface area (Å²) in [6.45, 7) is 10.7. The first kappa shape index (κ1) is 21.9. The van der Waals surface area contributed by atoms with Crippen LogP contribution in [0.2, 0.25) is 0 Å². The minimum Gasteiger partial charge on any atom is -0.490 e. The molecule has 1 saturated carbocycles. The van der Waals surface area contributed by atoms with Crippen LogP contribution in [0.25, 0.3) is 0 Å². The van der Waals surface area contributed by atoms with Gasteiger partial charge in [-0.15, -0.1) is 0 Å². The summed E-state index contributed by atoms with van der Waals surface area (Å²) in [5.74, 6) is 0.704. The first-order chi connectivity index (χ1) is 14.3. The number of aryl methyl sites for hydroxylation is 1. The van der Waals surface area contributed by atoms with E-state index in [0.717, 1.165) is 24.2 Å². The Morgan fingerprint density at radius 3 is 2.47 bits per heavy atom. The zero-order valence-electron chi connectivity index (χ0n) is 18.5. The molecular formula is C24H31NO5. The summed E-state index contributed by atoms with van der Waals surface area (Å²) in [5.41, 5.74) is 2.97. The predicted octanol–water partition coefficient (Wildman–Crippen LogP) is 4.91. The second-order valence-corrected chi connectivity index (χ2v) is 8.18. The average molecular weight is 414 g/mol. The van der Waals surface area contributed by atoms with E-state index < -0.39 is 5.97 Å². The Hall–Kier alpha value is -2.76. The van der Waals surface area contributed by atoms with Gasteiger partial charge in [0, 0.05) is 23.0 Å². The van der Waals surface area contributed by atoms with Crippen molar-refractivity contribution in [2.75, 3.05) is 19.8 Å². The third-order valence-corrected chi connectivity index (χ3v) is 5.08. The lowest BCUT2D eigenvalue weighted by Crippen LogP contribution is -2.15. The van der Waals surface area contributed by atoms with E-state index in [2.05, 4.69) is 18.4 Å². The fraction of sp³-hybridized carbons (Fsp3) is 0.500. The zero-order chi connectivity index (χ0) is 21.8. The molecule has 3 rings (SSSR count). The van der Waals surface area contributed by atoms with Crippen LogP contribution in [-0.2, 0) is 4.74 Å². The highest BCUT2D eigenvalue weighted by Gasteiger charge is 2.28. The van der Waals surface area contributed by atoms with E-state index in [1.165, 1.54) is 0 Å². The van der Waals surface area contributed by atoms with Crippen LogP contribution in [0, 0.1) is 19.8 Å². The molecule has 6 heteroatoms. The second-order valence-electron chi connectivity index (χ2n) is 8.18. The van der Waals surface area contributed by atoms with Crippen LogP contribution in [0.15, 0.2) is 24.3 Å². The van der Waals surface area contributed by atoms with Crippen molar-refractivity contribution in [1.29, 1.82) is 0 Å². The number of hydrogen-bond acceptors (Lipinski definition) is 5. The number of benzene rings is 1. The van der Waals surface area contributed by atoms with Crippen molar-refractivity contribution < 1.29 is 23.8 Å². The van der Waals surface area contributed by atoms with Crippen LogP contribution < -0.4 is 9.47 Å². The first-order valence-corrected chi connectivity index (χ1v) is 10.6. The molecule has 162 valence electrons. The van der Waals surface area contributed by atoms with Crippen molar-refractivity contribution in [1.82, 2.24) is 4.57 Å². The quantitative estimate of drug-likeness (QED) is 0.409. The van der Waals surface area contributed by atoms with Gasteiger partial charge in [0.1, 0.15) is 0 Å².